The number of hydrogen-bond donors (Lipinski definition) is 2. The molecule has 5 heteroatoms. The maximum atomic E-state index is 4.53. The standard InChI is InChI=1S/C18H17N5/c1-2-4-16(5-3-1)23-13-14(12-21-23)8-10-19-17-7-6-15-9-11-20-18(15)22-17/h1-7,9,11-13H,8,10H2,(H2,19,20,22). The van der Waals surface area contributed by atoms with Gasteiger partial charge in [-0.05, 0) is 42.3 Å². The number of nitrogens with zero attached hydrogens (tertiary/aromatic N) is 3. The molecule has 4 rings (SSSR count). The van der Waals surface area contributed by atoms with E-state index in [1.807, 2.05) is 59.5 Å². The summed E-state index contributed by atoms with van der Waals surface area (Å²) >= 11 is 0. The van der Waals surface area contributed by atoms with Crippen molar-refractivity contribution < 1.29 is 0 Å². The van der Waals surface area contributed by atoms with Gasteiger partial charge in [-0.2, -0.15) is 5.10 Å². The summed E-state index contributed by atoms with van der Waals surface area (Å²) in [6.45, 7) is 0.819. The first-order chi connectivity index (χ1) is 11.4. The first-order valence-corrected chi connectivity index (χ1v) is 7.65. The monoisotopic (exact) mass is 303 g/mol. The second kappa shape index (κ2) is 5.96. The Morgan fingerprint density at radius 2 is 1.96 bits per heavy atom. The van der Waals surface area contributed by atoms with E-state index in [0.717, 1.165) is 35.5 Å². The number of H-pyrrole nitrogens is 1. The van der Waals surface area contributed by atoms with E-state index in [1.54, 1.807) is 0 Å². The minimum atomic E-state index is 0.819. The number of para-hydroxylation sites is 1. The van der Waals surface area contributed by atoms with Crippen LogP contribution >= 0.6 is 0 Å². The van der Waals surface area contributed by atoms with Crippen molar-refractivity contribution in [1.29, 1.82) is 0 Å². The molecule has 0 atom stereocenters. The zero-order valence-corrected chi connectivity index (χ0v) is 12.6. The van der Waals surface area contributed by atoms with Crippen molar-refractivity contribution in [2.45, 2.75) is 6.42 Å². The van der Waals surface area contributed by atoms with Gasteiger partial charge >= 0.3 is 0 Å². The Kier molecular flexibility index (Phi) is 3.52. The summed E-state index contributed by atoms with van der Waals surface area (Å²) in [6, 6.07) is 16.2. The molecule has 23 heavy (non-hydrogen) atoms. The number of benzene rings is 1. The number of fused-ring (bicyclic) bond motifs is 1. The predicted molar refractivity (Wildman–Crippen MR) is 91.9 cm³/mol. The number of rotatable bonds is 5. The number of aromatic nitrogens is 4. The second-order valence-corrected chi connectivity index (χ2v) is 5.42. The van der Waals surface area contributed by atoms with Gasteiger partial charge in [0.2, 0.25) is 0 Å². The molecule has 1 aromatic carbocycles. The van der Waals surface area contributed by atoms with E-state index >= 15 is 0 Å². The largest absolute Gasteiger partial charge is 0.370 e. The Bertz CT molecular complexity index is 907. The van der Waals surface area contributed by atoms with Gasteiger partial charge in [-0.1, -0.05) is 18.2 Å². The van der Waals surface area contributed by atoms with Crippen LogP contribution in [-0.4, -0.2) is 26.3 Å². The van der Waals surface area contributed by atoms with Crippen LogP contribution in [0.3, 0.4) is 0 Å². The molecule has 0 saturated carbocycles. The van der Waals surface area contributed by atoms with E-state index in [0.29, 0.717) is 0 Å². The molecule has 0 bridgehead atoms. The highest BCUT2D eigenvalue weighted by Gasteiger charge is 2.02. The maximum absolute atomic E-state index is 4.53. The molecule has 0 radical (unpaired) electrons. The van der Waals surface area contributed by atoms with Crippen LogP contribution in [0.15, 0.2) is 67.1 Å². The molecule has 0 unspecified atom stereocenters. The quantitative estimate of drug-likeness (QED) is 0.594. The summed E-state index contributed by atoms with van der Waals surface area (Å²) < 4.78 is 1.90. The van der Waals surface area contributed by atoms with Crippen LogP contribution in [0.2, 0.25) is 0 Å². The van der Waals surface area contributed by atoms with E-state index in [9.17, 15) is 0 Å². The molecular formula is C18H17N5. The first-order valence-electron chi connectivity index (χ1n) is 7.65. The number of aromatic amines is 1. The molecule has 0 saturated heterocycles. The van der Waals surface area contributed by atoms with Crippen LogP contribution in [0.4, 0.5) is 5.82 Å². The van der Waals surface area contributed by atoms with E-state index in [-0.39, 0.29) is 0 Å². The number of pyridine rings is 1. The molecule has 0 aliphatic rings. The van der Waals surface area contributed by atoms with Gasteiger partial charge in [-0.25, -0.2) is 9.67 Å². The van der Waals surface area contributed by atoms with Crippen LogP contribution in [0, 0.1) is 0 Å². The summed E-state index contributed by atoms with van der Waals surface area (Å²) in [5.74, 6) is 0.885. The van der Waals surface area contributed by atoms with E-state index < -0.39 is 0 Å². The zero-order valence-electron chi connectivity index (χ0n) is 12.6. The topological polar surface area (TPSA) is 58.5 Å². The van der Waals surface area contributed by atoms with Gasteiger partial charge in [0.05, 0.1) is 11.9 Å². The molecule has 5 nitrogen and oxygen atoms in total. The van der Waals surface area contributed by atoms with E-state index in [4.69, 9.17) is 0 Å². The van der Waals surface area contributed by atoms with Crippen LogP contribution < -0.4 is 5.32 Å². The lowest BCUT2D eigenvalue weighted by Gasteiger charge is -2.04. The number of hydrogen-bond acceptors (Lipinski definition) is 3. The normalized spacial score (nSPS) is 11.0. The Hall–Kier alpha value is -3.08. The molecule has 4 aromatic rings. The molecule has 0 spiro atoms. The third kappa shape index (κ3) is 2.94. The third-order valence-electron chi connectivity index (χ3n) is 3.79. The summed E-state index contributed by atoms with van der Waals surface area (Å²) in [5, 5.41) is 8.89. The minimum Gasteiger partial charge on any atom is -0.370 e. The van der Waals surface area contributed by atoms with Gasteiger partial charge < -0.3 is 10.3 Å². The van der Waals surface area contributed by atoms with Gasteiger partial charge in [-0.3, -0.25) is 0 Å². The van der Waals surface area contributed by atoms with Gasteiger partial charge in [0.1, 0.15) is 11.5 Å². The summed E-state index contributed by atoms with van der Waals surface area (Å²) in [5.41, 5.74) is 3.18. The van der Waals surface area contributed by atoms with Crippen molar-refractivity contribution in [2.24, 2.45) is 0 Å². The SMILES string of the molecule is c1ccc(-n2cc(CCNc3ccc4cc[nH]c4n3)cn2)cc1. The lowest BCUT2D eigenvalue weighted by atomic mass is 10.2. The highest BCUT2D eigenvalue weighted by atomic mass is 15.3. The maximum Gasteiger partial charge on any atom is 0.139 e. The Balaban J connectivity index is 1.38. The highest BCUT2D eigenvalue weighted by Crippen LogP contribution is 2.13. The third-order valence-corrected chi connectivity index (χ3v) is 3.79. The van der Waals surface area contributed by atoms with Gasteiger partial charge in [0.25, 0.3) is 0 Å². The predicted octanol–water partition coefficient (Wildman–Crippen LogP) is 3.40. The van der Waals surface area contributed by atoms with Gasteiger partial charge in [0.15, 0.2) is 0 Å². The summed E-state index contributed by atoms with van der Waals surface area (Å²) in [7, 11) is 0. The summed E-state index contributed by atoms with van der Waals surface area (Å²) in [6.07, 6.45) is 6.78. The molecule has 0 aliphatic carbocycles. The number of nitrogens with one attached hydrogen (secondary N) is 2. The van der Waals surface area contributed by atoms with Gasteiger partial charge in [0, 0.05) is 24.3 Å². The first kappa shape index (κ1) is 13.6. The van der Waals surface area contributed by atoms with Crippen molar-refractivity contribution >= 4 is 16.9 Å². The molecule has 2 N–H and O–H groups in total. The van der Waals surface area contributed by atoms with Crippen LogP contribution in [0.5, 0.6) is 0 Å². The van der Waals surface area contributed by atoms with Crippen molar-refractivity contribution in [3.8, 4) is 5.69 Å². The van der Waals surface area contributed by atoms with E-state index in [1.165, 1.54) is 5.56 Å². The van der Waals surface area contributed by atoms with Crippen LogP contribution in [0.1, 0.15) is 5.56 Å². The summed E-state index contributed by atoms with van der Waals surface area (Å²) in [4.78, 5) is 7.66. The minimum absolute atomic E-state index is 0.819. The molecule has 114 valence electrons. The van der Waals surface area contributed by atoms with E-state index in [2.05, 4.69) is 32.6 Å². The van der Waals surface area contributed by atoms with Crippen molar-refractivity contribution in [2.75, 3.05) is 11.9 Å². The fourth-order valence-corrected chi connectivity index (χ4v) is 2.57. The Morgan fingerprint density at radius 3 is 2.87 bits per heavy atom. The van der Waals surface area contributed by atoms with Crippen molar-refractivity contribution in [1.82, 2.24) is 19.7 Å². The van der Waals surface area contributed by atoms with Crippen molar-refractivity contribution in [3.05, 3.63) is 72.7 Å². The second-order valence-electron chi connectivity index (χ2n) is 5.42. The molecule has 3 heterocycles. The fraction of sp³-hybridized carbons (Fsp3) is 0.111. The fourth-order valence-electron chi connectivity index (χ4n) is 2.57. The molecule has 3 aromatic heterocycles. The van der Waals surface area contributed by atoms with Gasteiger partial charge in [-0.15, -0.1) is 0 Å². The molecule has 0 aliphatic heterocycles. The Morgan fingerprint density at radius 1 is 1.04 bits per heavy atom. The molecular weight excluding hydrogens is 286 g/mol. The smallest absolute Gasteiger partial charge is 0.139 e. The molecule has 0 amide bonds. The van der Waals surface area contributed by atoms with Crippen LogP contribution in [-0.2, 0) is 6.42 Å². The lowest BCUT2D eigenvalue weighted by Crippen LogP contribution is -2.05. The molecule has 0 fully saturated rings. The average Bonchev–Trinajstić information content (AvgIpc) is 3.24. The zero-order chi connectivity index (χ0) is 15.5. The van der Waals surface area contributed by atoms with Crippen molar-refractivity contribution in [3.63, 3.8) is 0 Å². The highest BCUT2D eigenvalue weighted by molar-refractivity contribution is 5.77. The number of anilines is 1. The Labute approximate surface area is 134 Å². The average molecular weight is 303 g/mol. The van der Waals surface area contributed by atoms with Crippen LogP contribution in [0.25, 0.3) is 16.7 Å². The lowest BCUT2D eigenvalue weighted by molar-refractivity contribution is 0.879.